The number of imidazole rings is 1. The molecule has 0 aliphatic carbocycles. The van der Waals surface area contributed by atoms with Crippen LogP contribution in [0.15, 0.2) is 24.5 Å². The number of nitrogens with zero attached hydrogens (tertiary/aromatic N) is 2. The van der Waals surface area contributed by atoms with Crippen LogP contribution in [0.25, 0.3) is 11.0 Å². The van der Waals surface area contributed by atoms with Gasteiger partial charge in [0, 0.05) is 0 Å². The van der Waals surface area contributed by atoms with E-state index in [-0.39, 0.29) is 6.54 Å². The predicted octanol–water partition coefficient (Wildman–Crippen LogP) is 0.703. The Labute approximate surface area is 79.8 Å². The fourth-order valence-corrected chi connectivity index (χ4v) is 1.42. The number of benzene rings is 1. The van der Waals surface area contributed by atoms with Crippen LogP contribution in [0.3, 0.4) is 0 Å². The first kappa shape index (κ1) is 8.55. The van der Waals surface area contributed by atoms with Crippen molar-refractivity contribution in [3.8, 4) is 0 Å². The molecule has 0 saturated carbocycles. The van der Waals surface area contributed by atoms with E-state index < -0.39 is 5.97 Å². The topological polar surface area (TPSA) is 81.1 Å². The van der Waals surface area contributed by atoms with Crippen molar-refractivity contribution in [3.63, 3.8) is 0 Å². The highest BCUT2D eigenvalue weighted by Crippen LogP contribution is 2.19. The van der Waals surface area contributed by atoms with E-state index >= 15 is 0 Å². The SMILES string of the molecule is Nc1cccc2ncn(CC(=O)O)c12. The van der Waals surface area contributed by atoms with Crippen molar-refractivity contribution in [2.24, 2.45) is 0 Å². The van der Waals surface area contributed by atoms with E-state index in [1.807, 2.05) is 0 Å². The standard InChI is InChI=1S/C9H9N3O2/c10-6-2-1-3-7-9(6)12(5-11-7)4-8(13)14/h1-3,5H,4,10H2,(H,13,14). The minimum atomic E-state index is -0.910. The highest BCUT2D eigenvalue weighted by Gasteiger charge is 2.07. The number of nitrogen functional groups attached to an aromatic ring is 1. The number of carboxylic acid groups (broad SMARTS) is 1. The summed E-state index contributed by atoms with van der Waals surface area (Å²) in [5.41, 5.74) is 7.66. The number of aromatic nitrogens is 2. The highest BCUT2D eigenvalue weighted by atomic mass is 16.4. The summed E-state index contributed by atoms with van der Waals surface area (Å²) in [6, 6.07) is 5.31. The molecule has 1 aromatic heterocycles. The van der Waals surface area contributed by atoms with E-state index in [9.17, 15) is 4.79 Å². The van der Waals surface area contributed by atoms with Gasteiger partial charge in [-0.3, -0.25) is 4.79 Å². The maximum atomic E-state index is 10.5. The van der Waals surface area contributed by atoms with Crippen LogP contribution in [-0.4, -0.2) is 20.6 Å². The molecule has 0 spiro atoms. The summed E-state index contributed by atoms with van der Waals surface area (Å²) in [5.74, 6) is -0.910. The van der Waals surface area contributed by atoms with Crippen molar-refractivity contribution < 1.29 is 9.90 Å². The molecule has 0 aliphatic heterocycles. The molecular weight excluding hydrogens is 182 g/mol. The van der Waals surface area contributed by atoms with Gasteiger partial charge in [0.15, 0.2) is 0 Å². The van der Waals surface area contributed by atoms with Gasteiger partial charge in [0.2, 0.25) is 0 Å². The summed E-state index contributed by atoms with van der Waals surface area (Å²) in [4.78, 5) is 14.6. The normalized spacial score (nSPS) is 10.6. The molecule has 5 heteroatoms. The fourth-order valence-electron chi connectivity index (χ4n) is 1.42. The van der Waals surface area contributed by atoms with E-state index in [2.05, 4.69) is 4.98 Å². The Morgan fingerprint density at radius 3 is 3.07 bits per heavy atom. The average molecular weight is 191 g/mol. The van der Waals surface area contributed by atoms with Gasteiger partial charge in [-0.1, -0.05) is 6.07 Å². The molecule has 0 fully saturated rings. The number of aliphatic carboxylic acids is 1. The number of nitrogens with two attached hydrogens (primary N) is 1. The van der Waals surface area contributed by atoms with Gasteiger partial charge < -0.3 is 15.4 Å². The number of rotatable bonds is 2. The molecule has 1 aromatic carbocycles. The van der Waals surface area contributed by atoms with E-state index in [4.69, 9.17) is 10.8 Å². The van der Waals surface area contributed by atoms with Crippen molar-refractivity contribution in [1.29, 1.82) is 0 Å². The molecule has 14 heavy (non-hydrogen) atoms. The molecule has 0 aliphatic rings. The van der Waals surface area contributed by atoms with Crippen molar-refractivity contribution in [1.82, 2.24) is 9.55 Å². The zero-order chi connectivity index (χ0) is 10.1. The molecule has 0 saturated heterocycles. The lowest BCUT2D eigenvalue weighted by molar-refractivity contribution is -0.137. The largest absolute Gasteiger partial charge is 0.480 e. The van der Waals surface area contributed by atoms with Crippen LogP contribution < -0.4 is 5.73 Å². The van der Waals surface area contributed by atoms with Crippen LogP contribution in [0.1, 0.15) is 0 Å². The van der Waals surface area contributed by atoms with Crippen molar-refractivity contribution in [3.05, 3.63) is 24.5 Å². The van der Waals surface area contributed by atoms with Gasteiger partial charge in [0.25, 0.3) is 0 Å². The van der Waals surface area contributed by atoms with E-state index in [1.54, 1.807) is 18.2 Å². The molecule has 72 valence electrons. The third kappa shape index (κ3) is 1.28. The molecule has 2 aromatic rings. The number of fused-ring (bicyclic) bond motifs is 1. The molecular formula is C9H9N3O2. The summed E-state index contributed by atoms with van der Waals surface area (Å²) in [6.45, 7) is -0.120. The van der Waals surface area contributed by atoms with Gasteiger partial charge in [0.05, 0.1) is 23.0 Å². The maximum Gasteiger partial charge on any atom is 0.323 e. The number of hydrogen-bond acceptors (Lipinski definition) is 3. The third-order valence-corrected chi connectivity index (χ3v) is 1.97. The monoisotopic (exact) mass is 191 g/mol. The Morgan fingerprint density at radius 2 is 2.36 bits per heavy atom. The van der Waals surface area contributed by atoms with Gasteiger partial charge in [0.1, 0.15) is 6.54 Å². The van der Waals surface area contributed by atoms with Crippen molar-refractivity contribution in [2.75, 3.05) is 5.73 Å². The molecule has 5 nitrogen and oxygen atoms in total. The number of anilines is 1. The zero-order valence-electron chi connectivity index (χ0n) is 7.34. The lowest BCUT2D eigenvalue weighted by Gasteiger charge is -2.01. The molecule has 0 amide bonds. The van der Waals surface area contributed by atoms with Gasteiger partial charge in [-0.05, 0) is 12.1 Å². The van der Waals surface area contributed by atoms with Crippen LogP contribution in [-0.2, 0) is 11.3 Å². The van der Waals surface area contributed by atoms with E-state index in [0.29, 0.717) is 16.7 Å². The van der Waals surface area contributed by atoms with Crippen molar-refractivity contribution in [2.45, 2.75) is 6.54 Å². The van der Waals surface area contributed by atoms with E-state index in [0.717, 1.165) is 0 Å². The lowest BCUT2D eigenvalue weighted by atomic mass is 10.3. The highest BCUT2D eigenvalue weighted by molar-refractivity contribution is 5.88. The Morgan fingerprint density at radius 1 is 1.57 bits per heavy atom. The number of hydrogen-bond donors (Lipinski definition) is 2. The average Bonchev–Trinajstić information content (AvgIpc) is 2.49. The maximum absolute atomic E-state index is 10.5. The van der Waals surface area contributed by atoms with E-state index in [1.165, 1.54) is 10.9 Å². The first-order chi connectivity index (χ1) is 6.68. The van der Waals surface area contributed by atoms with Gasteiger partial charge in [-0.2, -0.15) is 0 Å². The molecule has 3 N–H and O–H groups in total. The molecule has 2 rings (SSSR count). The predicted molar refractivity (Wildman–Crippen MR) is 51.8 cm³/mol. The quantitative estimate of drug-likeness (QED) is 0.685. The van der Waals surface area contributed by atoms with Gasteiger partial charge in [-0.15, -0.1) is 0 Å². The van der Waals surface area contributed by atoms with Crippen LogP contribution >= 0.6 is 0 Å². The Bertz CT molecular complexity index is 490. The third-order valence-electron chi connectivity index (χ3n) is 1.97. The zero-order valence-corrected chi connectivity index (χ0v) is 7.34. The van der Waals surface area contributed by atoms with Crippen LogP contribution in [0.5, 0.6) is 0 Å². The van der Waals surface area contributed by atoms with Gasteiger partial charge in [-0.25, -0.2) is 4.98 Å². The van der Waals surface area contributed by atoms with Crippen LogP contribution in [0, 0.1) is 0 Å². The minimum Gasteiger partial charge on any atom is -0.480 e. The smallest absolute Gasteiger partial charge is 0.323 e. The van der Waals surface area contributed by atoms with Crippen LogP contribution in [0.2, 0.25) is 0 Å². The second kappa shape index (κ2) is 3.02. The molecule has 0 unspecified atom stereocenters. The summed E-state index contributed by atoms with van der Waals surface area (Å²) < 4.78 is 1.52. The first-order valence-corrected chi connectivity index (χ1v) is 4.09. The Kier molecular flexibility index (Phi) is 1.85. The second-order valence-electron chi connectivity index (χ2n) is 2.98. The Hall–Kier alpha value is -2.04. The van der Waals surface area contributed by atoms with Crippen molar-refractivity contribution >= 4 is 22.7 Å². The molecule has 0 bridgehead atoms. The second-order valence-corrected chi connectivity index (χ2v) is 2.98. The summed E-state index contributed by atoms with van der Waals surface area (Å²) >= 11 is 0. The first-order valence-electron chi connectivity index (χ1n) is 4.09. The Balaban J connectivity index is 2.61. The fraction of sp³-hybridized carbons (Fsp3) is 0.111. The summed E-state index contributed by atoms with van der Waals surface area (Å²) in [7, 11) is 0. The molecule has 0 atom stereocenters. The summed E-state index contributed by atoms with van der Waals surface area (Å²) in [6.07, 6.45) is 1.48. The minimum absolute atomic E-state index is 0.120. The number of carbonyl (C=O) groups is 1. The number of carboxylic acids is 1. The number of para-hydroxylation sites is 1. The van der Waals surface area contributed by atoms with Gasteiger partial charge >= 0.3 is 5.97 Å². The lowest BCUT2D eigenvalue weighted by Crippen LogP contribution is -2.08. The molecule has 0 radical (unpaired) electrons. The molecule has 1 heterocycles. The van der Waals surface area contributed by atoms with Crippen LogP contribution in [0.4, 0.5) is 5.69 Å². The summed E-state index contributed by atoms with van der Waals surface area (Å²) in [5, 5.41) is 8.65.